The molecule has 0 unspecified atom stereocenters. The minimum Gasteiger partial charge on any atom is -0.494 e. The Morgan fingerprint density at radius 3 is 2.68 bits per heavy atom. The van der Waals surface area contributed by atoms with Crippen LogP contribution in [0.2, 0.25) is 0 Å². The Morgan fingerprint density at radius 2 is 2.04 bits per heavy atom. The Kier molecular flexibility index (Phi) is 7.37. The number of carbonyl (C=O) groups is 1. The largest absolute Gasteiger partial charge is 0.494 e. The molecule has 0 aliphatic rings. The van der Waals surface area contributed by atoms with Gasteiger partial charge < -0.3 is 14.5 Å². The summed E-state index contributed by atoms with van der Waals surface area (Å²) in [5, 5.41) is 2.96. The van der Waals surface area contributed by atoms with E-state index in [1.54, 1.807) is 11.8 Å². The molecule has 0 saturated carbocycles. The average molecular weight is 362 g/mol. The normalized spacial score (nSPS) is 12.0. The highest BCUT2D eigenvalue weighted by molar-refractivity contribution is 7.99. The summed E-state index contributed by atoms with van der Waals surface area (Å²) in [6.45, 7) is 8.56. The zero-order valence-corrected chi connectivity index (χ0v) is 16.1. The first-order chi connectivity index (χ1) is 12.0. The maximum absolute atomic E-state index is 11.8. The van der Waals surface area contributed by atoms with Crippen LogP contribution in [0, 0.1) is 6.92 Å². The first-order valence-corrected chi connectivity index (χ1v) is 9.75. The fourth-order valence-corrected chi connectivity index (χ4v) is 3.04. The summed E-state index contributed by atoms with van der Waals surface area (Å²) in [7, 11) is 0. The van der Waals surface area contributed by atoms with Crippen molar-refractivity contribution in [3.63, 3.8) is 0 Å². The summed E-state index contributed by atoms with van der Waals surface area (Å²) >= 11 is 1.54. The molecule has 5 nitrogen and oxygen atoms in total. The third kappa shape index (κ3) is 5.81. The lowest BCUT2D eigenvalue weighted by Crippen LogP contribution is -2.33. The second-order valence-electron chi connectivity index (χ2n) is 5.85. The highest BCUT2D eigenvalue weighted by Crippen LogP contribution is 2.25. The van der Waals surface area contributed by atoms with Crippen molar-refractivity contribution in [2.75, 3.05) is 12.4 Å². The van der Waals surface area contributed by atoms with E-state index in [2.05, 4.69) is 17.2 Å². The zero-order valence-electron chi connectivity index (χ0n) is 15.3. The number of nitrogens with zero attached hydrogens (tertiary/aromatic N) is 1. The monoisotopic (exact) mass is 362 g/mol. The SMILES string of the molecule is CCOc1ccc(-c2nc(CSCC(=O)N[C@H](C)CC)c(C)o2)cc1. The fourth-order valence-electron chi connectivity index (χ4n) is 2.20. The van der Waals surface area contributed by atoms with Crippen LogP contribution in [0.3, 0.4) is 0 Å². The molecule has 0 fully saturated rings. The van der Waals surface area contributed by atoms with E-state index in [1.807, 2.05) is 45.0 Å². The molecule has 25 heavy (non-hydrogen) atoms. The summed E-state index contributed by atoms with van der Waals surface area (Å²) in [6, 6.07) is 7.91. The average Bonchev–Trinajstić information content (AvgIpc) is 2.96. The number of ether oxygens (including phenoxy) is 1. The Balaban J connectivity index is 1.92. The molecular weight excluding hydrogens is 336 g/mol. The van der Waals surface area contributed by atoms with Crippen molar-refractivity contribution in [3.8, 4) is 17.2 Å². The number of nitrogens with one attached hydrogen (secondary N) is 1. The molecule has 0 saturated heterocycles. The van der Waals surface area contributed by atoms with Gasteiger partial charge in [-0.15, -0.1) is 11.8 Å². The van der Waals surface area contributed by atoms with Gasteiger partial charge in [-0.2, -0.15) is 0 Å². The molecule has 2 aromatic rings. The van der Waals surface area contributed by atoms with Crippen molar-refractivity contribution in [2.45, 2.75) is 45.9 Å². The highest BCUT2D eigenvalue weighted by Gasteiger charge is 2.13. The highest BCUT2D eigenvalue weighted by atomic mass is 32.2. The Morgan fingerprint density at radius 1 is 1.32 bits per heavy atom. The Bertz CT molecular complexity index is 682. The van der Waals surface area contributed by atoms with Gasteiger partial charge in [0.25, 0.3) is 0 Å². The van der Waals surface area contributed by atoms with Gasteiger partial charge in [-0.3, -0.25) is 4.79 Å². The molecule has 1 aromatic heterocycles. The van der Waals surface area contributed by atoms with E-state index in [1.165, 1.54) is 0 Å². The summed E-state index contributed by atoms with van der Waals surface area (Å²) in [5.74, 6) is 3.36. The number of aryl methyl sites for hydroxylation is 1. The van der Waals surface area contributed by atoms with Gasteiger partial charge in [0.05, 0.1) is 18.1 Å². The number of hydrogen-bond donors (Lipinski definition) is 1. The topological polar surface area (TPSA) is 64.4 Å². The molecule has 1 heterocycles. The maximum Gasteiger partial charge on any atom is 0.230 e. The lowest BCUT2D eigenvalue weighted by atomic mass is 10.2. The van der Waals surface area contributed by atoms with Crippen molar-refractivity contribution in [1.29, 1.82) is 0 Å². The van der Waals surface area contributed by atoms with Crippen LogP contribution in [-0.4, -0.2) is 29.3 Å². The number of thioether (sulfide) groups is 1. The first kappa shape index (κ1) is 19.4. The second-order valence-corrected chi connectivity index (χ2v) is 6.83. The Labute approximate surface area is 153 Å². The molecule has 2 rings (SSSR count). The van der Waals surface area contributed by atoms with Gasteiger partial charge in [0.15, 0.2) is 0 Å². The fraction of sp³-hybridized carbons (Fsp3) is 0.474. The first-order valence-electron chi connectivity index (χ1n) is 8.60. The van der Waals surface area contributed by atoms with Crippen LogP contribution in [0.4, 0.5) is 0 Å². The number of hydrogen-bond acceptors (Lipinski definition) is 5. The zero-order chi connectivity index (χ0) is 18.2. The van der Waals surface area contributed by atoms with Crippen LogP contribution in [0.1, 0.15) is 38.6 Å². The molecule has 0 aliphatic heterocycles. The molecule has 6 heteroatoms. The van der Waals surface area contributed by atoms with Gasteiger partial charge in [0.1, 0.15) is 11.5 Å². The Hall–Kier alpha value is -1.95. The van der Waals surface area contributed by atoms with Crippen molar-refractivity contribution in [1.82, 2.24) is 10.3 Å². The molecular formula is C19H26N2O3S. The molecule has 1 amide bonds. The number of oxazole rings is 1. The van der Waals surface area contributed by atoms with Crippen LogP contribution in [0.25, 0.3) is 11.5 Å². The molecule has 0 spiro atoms. The van der Waals surface area contributed by atoms with Crippen LogP contribution in [-0.2, 0) is 10.5 Å². The number of amides is 1. The van der Waals surface area contributed by atoms with Crippen molar-refractivity contribution < 1.29 is 13.9 Å². The molecule has 1 aromatic carbocycles. The quantitative estimate of drug-likeness (QED) is 0.724. The molecule has 0 bridgehead atoms. The van der Waals surface area contributed by atoms with Crippen LogP contribution < -0.4 is 10.1 Å². The van der Waals surface area contributed by atoms with E-state index < -0.39 is 0 Å². The van der Waals surface area contributed by atoms with Crippen LogP contribution in [0.5, 0.6) is 5.75 Å². The molecule has 0 radical (unpaired) electrons. The van der Waals surface area contributed by atoms with Crippen molar-refractivity contribution in [2.24, 2.45) is 0 Å². The van der Waals surface area contributed by atoms with Gasteiger partial charge in [0, 0.05) is 17.4 Å². The van der Waals surface area contributed by atoms with Crippen LogP contribution in [0.15, 0.2) is 28.7 Å². The third-order valence-electron chi connectivity index (χ3n) is 3.80. The van der Waals surface area contributed by atoms with Crippen molar-refractivity contribution in [3.05, 3.63) is 35.7 Å². The molecule has 136 valence electrons. The second kappa shape index (κ2) is 9.51. The van der Waals surface area contributed by atoms with Gasteiger partial charge in [-0.1, -0.05) is 6.92 Å². The summed E-state index contributed by atoms with van der Waals surface area (Å²) in [5.41, 5.74) is 1.79. The standard InChI is InChI=1S/C19H26N2O3S/c1-5-13(3)20-18(22)12-25-11-17-14(4)24-19(21-17)15-7-9-16(10-8-15)23-6-2/h7-10,13H,5-6,11-12H2,1-4H3,(H,20,22)/t13-/m1/s1. The van der Waals surface area contributed by atoms with Gasteiger partial charge >= 0.3 is 0 Å². The maximum atomic E-state index is 11.8. The van der Waals surface area contributed by atoms with E-state index in [0.29, 0.717) is 24.0 Å². The lowest BCUT2D eigenvalue weighted by molar-refractivity contribution is -0.119. The predicted molar refractivity (Wildman–Crippen MR) is 102 cm³/mol. The van der Waals surface area contributed by atoms with Crippen LogP contribution >= 0.6 is 11.8 Å². The minimum atomic E-state index is 0.0623. The van der Waals surface area contributed by atoms with E-state index in [-0.39, 0.29) is 11.9 Å². The smallest absolute Gasteiger partial charge is 0.230 e. The summed E-state index contributed by atoms with van der Waals surface area (Å²) in [6.07, 6.45) is 0.935. The van der Waals surface area contributed by atoms with Gasteiger partial charge in [-0.05, 0) is 51.5 Å². The predicted octanol–water partition coefficient (Wildman–Crippen LogP) is 4.20. The number of aromatic nitrogens is 1. The van der Waals surface area contributed by atoms with Crippen molar-refractivity contribution >= 4 is 17.7 Å². The number of benzene rings is 1. The lowest BCUT2D eigenvalue weighted by Gasteiger charge is -2.10. The van der Waals surface area contributed by atoms with Gasteiger partial charge in [-0.25, -0.2) is 4.98 Å². The third-order valence-corrected chi connectivity index (χ3v) is 4.74. The minimum absolute atomic E-state index is 0.0623. The summed E-state index contributed by atoms with van der Waals surface area (Å²) < 4.78 is 11.2. The number of rotatable bonds is 9. The molecule has 1 N–H and O–H groups in total. The summed E-state index contributed by atoms with van der Waals surface area (Å²) in [4.78, 5) is 16.4. The number of carbonyl (C=O) groups excluding carboxylic acids is 1. The molecule has 0 aliphatic carbocycles. The van der Waals surface area contributed by atoms with E-state index in [4.69, 9.17) is 9.15 Å². The van der Waals surface area contributed by atoms with Gasteiger partial charge in [0.2, 0.25) is 11.8 Å². The van der Waals surface area contributed by atoms with E-state index in [9.17, 15) is 4.79 Å². The van der Waals surface area contributed by atoms with E-state index in [0.717, 1.165) is 29.2 Å². The molecule has 1 atom stereocenters. The van der Waals surface area contributed by atoms with E-state index >= 15 is 0 Å².